The summed E-state index contributed by atoms with van der Waals surface area (Å²) in [5.74, 6) is 0.555. The summed E-state index contributed by atoms with van der Waals surface area (Å²) in [6, 6.07) is 5.44. The van der Waals surface area contributed by atoms with Crippen LogP contribution in [-0.4, -0.2) is 42.6 Å². The summed E-state index contributed by atoms with van der Waals surface area (Å²) in [6.45, 7) is 12.7. The Morgan fingerprint density at radius 2 is 1.81 bits per heavy atom. The van der Waals surface area contributed by atoms with Gasteiger partial charge in [-0.05, 0) is 85.1 Å². The second-order valence-corrected chi connectivity index (χ2v) is 9.94. The molecule has 1 heterocycles. The fourth-order valence-corrected chi connectivity index (χ4v) is 3.20. The highest BCUT2D eigenvalue weighted by molar-refractivity contribution is 5.90. The molecular formula is C24H35FN2O5. The predicted octanol–water partition coefficient (Wildman–Crippen LogP) is 5.52. The van der Waals surface area contributed by atoms with E-state index in [0.29, 0.717) is 12.1 Å². The smallest absolute Gasteiger partial charge is 0.415 e. The molecule has 32 heavy (non-hydrogen) atoms. The molecule has 0 saturated heterocycles. The lowest BCUT2D eigenvalue weighted by atomic mass is 9.97. The lowest BCUT2D eigenvalue weighted by Gasteiger charge is -2.36. The van der Waals surface area contributed by atoms with Gasteiger partial charge in [0, 0.05) is 18.2 Å². The monoisotopic (exact) mass is 450 g/mol. The van der Waals surface area contributed by atoms with Crippen molar-refractivity contribution in [3.05, 3.63) is 35.7 Å². The predicted molar refractivity (Wildman–Crippen MR) is 122 cm³/mol. The Bertz CT molecular complexity index is 855. The molecule has 1 aromatic rings. The topological polar surface area (TPSA) is 77.1 Å². The Kier molecular flexibility index (Phi) is 8.15. The van der Waals surface area contributed by atoms with Gasteiger partial charge < -0.3 is 19.5 Å². The first kappa shape index (κ1) is 25.5. The molecule has 178 valence electrons. The van der Waals surface area contributed by atoms with Crippen LogP contribution >= 0.6 is 0 Å². The molecule has 1 unspecified atom stereocenters. The van der Waals surface area contributed by atoms with Gasteiger partial charge in [0.05, 0.1) is 12.0 Å². The average Bonchev–Trinajstić information content (AvgIpc) is 2.65. The number of carbonyl (C=O) groups is 2. The number of alkyl carbamates (subject to hydrolysis) is 1. The van der Waals surface area contributed by atoms with Gasteiger partial charge in [-0.3, -0.25) is 4.90 Å². The third-order valence-corrected chi connectivity index (χ3v) is 4.61. The molecule has 1 aromatic carbocycles. The Balaban J connectivity index is 2.01. The number of rotatable bonds is 5. The SMILES string of the molecule is CC1CCc2cc(OC/C(=C/F)CNC(=O)OC(C)(C)C)ccc2N1C(=O)OC(C)(C)C. The van der Waals surface area contributed by atoms with Crippen molar-refractivity contribution >= 4 is 17.9 Å². The summed E-state index contributed by atoms with van der Waals surface area (Å²) < 4.78 is 29.7. The molecule has 0 bridgehead atoms. The molecular weight excluding hydrogens is 415 g/mol. The molecule has 0 aromatic heterocycles. The quantitative estimate of drug-likeness (QED) is 0.639. The fourth-order valence-electron chi connectivity index (χ4n) is 3.20. The largest absolute Gasteiger partial charge is 0.489 e. The number of hydrogen-bond acceptors (Lipinski definition) is 5. The molecule has 0 saturated carbocycles. The third-order valence-electron chi connectivity index (χ3n) is 4.61. The molecule has 7 nitrogen and oxygen atoms in total. The first-order valence-electron chi connectivity index (χ1n) is 10.8. The van der Waals surface area contributed by atoms with Crippen molar-refractivity contribution in [2.45, 2.75) is 78.6 Å². The first-order valence-corrected chi connectivity index (χ1v) is 10.8. The average molecular weight is 451 g/mol. The number of ether oxygens (including phenoxy) is 3. The van der Waals surface area contributed by atoms with E-state index in [2.05, 4.69) is 5.32 Å². The van der Waals surface area contributed by atoms with Crippen LogP contribution in [0.15, 0.2) is 30.1 Å². The van der Waals surface area contributed by atoms with Crippen molar-refractivity contribution < 1.29 is 28.2 Å². The summed E-state index contributed by atoms with van der Waals surface area (Å²) in [5, 5.41) is 2.51. The van der Waals surface area contributed by atoms with Crippen molar-refractivity contribution in [1.29, 1.82) is 0 Å². The third kappa shape index (κ3) is 7.73. The highest BCUT2D eigenvalue weighted by atomic mass is 19.1. The van der Waals surface area contributed by atoms with E-state index >= 15 is 0 Å². The summed E-state index contributed by atoms with van der Waals surface area (Å²) >= 11 is 0. The summed E-state index contributed by atoms with van der Waals surface area (Å²) in [7, 11) is 0. The van der Waals surface area contributed by atoms with Crippen molar-refractivity contribution in [3.63, 3.8) is 0 Å². The molecule has 0 spiro atoms. The number of hydrogen-bond donors (Lipinski definition) is 1. The molecule has 2 rings (SSSR count). The number of amides is 2. The number of nitrogens with one attached hydrogen (secondary N) is 1. The van der Waals surface area contributed by atoms with Gasteiger partial charge in [-0.25, -0.2) is 14.0 Å². The molecule has 0 radical (unpaired) electrons. The van der Waals surface area contributed by atoms with E-state index < -0.39 is 17.3 Å². The Morgan fingerprint density at radius 3 is 2.41 bits per heavy atom. The van der Waals surface area contributed by atoms with Gasteiger partial charge in [-0.1, -0.05) is 0 Å². The molecule has 0 fully saturated rings. The van der Waals surface area contributed by atoms with Crippen LogP contribution in [-0.2, 0) is 15.9 Å². The van der Waals surface area contributed by atoms with Gasteiger partial charge >= 0.3 is 12.2 Å². The van der Waals surface area contributed by atoms with Crippen LogP contribution in [0, 0.1) is 0 Å². The number of benzene rings is 1. The number of fused-ring (bicyclic) bond motifs is 1. The fraction of sp³-hybridized carbons (Fsp3) is 0.583. The van der Waals surface area contributed by atoms with Crippen LogP contribution in [0.2, 0.25) is 0 Å². The van der Waals surface area contributed by atoms with Gasteiger partial charge in [0.1, 0.15) is 23.6 Å². The van der Waals surface area contributed by atoms with E-state index in [4.69, 9.17) is 14.2 Å². The number of anilines is 1. The summed E-state index contributed by atoms with van der Waals surface area (Å²) in [6.07, 6.45) is 1.00. The second kappa shape index (κ2) is 10.2. The zero-order chi connectivity index (χ0) is 24.1. The maximum Gasteiger partial charge on any atom is 0.415 e. The molecule has 1 atom stereocenters. The van der Waals surface area contributed by atoms with E-state index in [1.54, 1.807) is 31.7 Å². The van der Waals surface area contributed by atoms with Crippen LogP contribution in [0.4, 0.5) is 19.7 Å². The van der Waals surface area contributed by atoms with Gasteiger partial charge in [-0.15, -0.1) is 0 Å². The Morgan fingerprint density at radius 1 is 1.16 bits per heavy atom. The normalized spacial score (nSPS) is 16.8. The van der Waals surface area contributed by atoms with Crippen LogP contribution < -0.4 is 15.0 Å². The van der Waals surface area contributed by atoms with E-state index in [9.17, 15) is 14.0 Å². The van der Waals surface area contributed by atoms with Crippen molar-refractivity contribution in [2.24, 2.45) is 0 Å². The standard InChI is InChI=1S/C24H35FN2O5/c1-16-8-9-18-12-19(10-11-20(18)27(16)22(29)32-24(5,6)7)30-15-17(13-25)14-26-21(28)31-23(2,3)4/h10-13,16H,8-9,14-15H2,1-7H3,(H,26,28)/b17-13+. The molecule has 1 aliphatic heterocycles. The molecule has 1 aliphatic rings. The maximum absolute atomic E-state index is 13.2. The van der Waals surface area contributed by atoms with Gasteiger partial charge in [-0.2, -0.15) is 0 Å². The number of nitrogens with zero attached hydrogens (tertiary/aromatic N) is 1. The van der Waals surface area contributed by atoms with E-state index in [1.807, 2.05) is 39.8 Å². The van der Waals surface area contributed by atoms with Gasteiger partial charge in [0.2, 0.25) is 0 Å². The van der Waals surface area contributed by atoms with Crippen LogP contribution in [0.5, 0.6) is 5.75 Å². The van der Waals surface area contributed by atoms with Crippen LogP contribution in [0.3, 0.4) is 0 Å². The lowest BCUT2D eigenvalue weighted by molar-refractivity contribution is 0.0528. The van der Waals surface area contributed by atoms with E-state index in [0.717, 1.165) is 24.1 Å². The molecule has 2 amide bonds. The van der Waals surface area contributed by atoms with Crippen molar-refractivity contribution in [2.75, 3.05) is 18.1 Å². The number of halogens is 1. The Hall–Kier alpha value is -2.77. The number of carbonyl (C=O) groups excluding carboxylic acids is 2. The minimum absolute atomic E-state index is 0.0177. The highest BCUT2D eigenvalue weighted by Gasteiger charge is 2.32. The van der Waals surface area contributed by atoms with Gasteiger partial charge in [0.25, 0.3) is 0 Å². The summed E-state index contributed by atoms with van der Waals surface area (Å²) in [5.41, 5.74) is 0.799. The van der Waals surface area contributed by atoms with Crippen molar-refractivity contribution in [1.82, 2.24) is 5.32 Å². The van der Waals surface area contributed by atoms with Crippen LogP contribution in [0.1, 0.15) is 60.5 Å². The minimum atomic E-state index is -0.631. The zero-order valence-corrected chi connectivity index (χ0v) is 20.1. The van der Waals surface area contributed by atoms with Crippen LogP contribution in [0.25, 0.3) is 0 Å². The van der Waals surface area contributed by atoms with E-state index in [1.165, 1.54) is 0 Å². The van der Waals surface area contributed by atoms with Gasteiger partial charge in [0.15, 0.2) is 0 Å². The molecule has 0 aliphatic carbocycles. The first-order chi connectivity index (χ1) is 14.8. The maximum atomic E-state index is 13.2. The Labute approximate surface area is 189 Å². The highest BCUT2D eigenvalue weighted by Crippen LogP contribution is 2.34. The minimum Gasteiger partial charge on any atom is -0.489 e. The second-order valence-electron chi connectivity index (χ2n) is 9.94. The summed E-state index contributed by atoms with van der Waals surface area (Å²) in [4.78, 5) is 26.1. The van der Waals surface area contributed by atoms with Crippen molar-refractivity contribution in [3.8, 4) is 5.75 Å². The van der Waals surface area contributed by atoms with E-state index in [-0.39, 0.29) is 30.9 Å². The molecule has 1 N–H and O–H groups in total. The number of aryl methyl sites for hydroxylation is 1. The zero-order valence-electron chi connectivity index (χ0n) is 20.1. The molecule has 8 heteroatoms. The lowest BCUT2D eigenvalue weighted by Crippen LogP contribution is -2.44.